The Hall–Kier alpha value is -2.37. The van der Waals surface area contributed by atoms with Gasteiger partial charge in [0.25, 0.3) is 0 Å². The second-order valence-electron chi connectivity index (χ2n) is 11.0. The standard InChI is InChI=1S/C27H43N5O9/c1-27(36)13-38-25(20(34)23(27)31-2)41-22-18(30)10-17(29)21(19(22)33)40-24-16(28)9-8-15(39-24)11-32-26(35)37-12-14-6-4-3-5-7-14/h3-8,16-25,31,33-34,36H,9-13,28-30H2,1-2H3,(H,32,35)/t16-,17+,18-,19+,20-,21-,22+,23-,24-,25-,27+/m1/s1. The van der Waals surface area contributed by atoms with E-state index < -0.39 is 72.9 Å². The zero-order valence-corrected chi connectivity index (χ0v) is 23.3. The van der Waals surface area contributed by atoms with E-state index in [4.69, 9.17) is 40.9 Å². The van der Waals surface area contributed by atoms with Gasteiger partial charge in [0.15, 0.2) is 6.29 Å². The van der Waals surface area contributed by atoms with Crippen LogP contribution in [0, 0.1) is 0 Å². The fourth-order valence-corrected chi connectivity index (χ4v) is 5.35. The normalized spacial score (nSPS) is 39.4. The largest absolute Gasteiger partial charge is 0.466 e. The van der Waals surface area contributed by atoms with Crippen LogP contribution in [0.1, 0.15) is 25.3 Å². The average Bonchev–Trinajstić information content (AvgIpc) is 2.94. The van der Waals surface area contributed by atoms with Crippen LogP contribution in [0.4, 0.5) is 4.79 Å². The summed E-state index contributed by atoms with van der Waals surface area (Å²) in [6.07, 6.45) is -4.90. The van der Waals surface area contributed by atoms with E-state index in [1.165, 1.54) is 6.92 Å². The van der Waals surface area contributed by atoms with Gasteiger partial charge in [-0.2, -0.15) is 0 Å². The third kappa shape index (κ3) is 7.73. The minimum atomic E-state index is -1.33. The molecule has 41 heavy (non-hydrogen) atoms. The monoisotopic (exact) mass is 581 g/mol. The Labute approximate surface area is 239 Å². The summed E-state index contributed by atoms with van der Waals surface area (Å²) >= 11 is 0. The highest BCUT2D eigenvalue weighted by atomic mass is 16.7. The number of carbonyl (C=O) groups excluding carboxylic acids is 1. The van der Waals surface area contributed by atoms with Gasteiger partial charge in [0.2, 0.25) is 6.29 Å². The van der Waals surface area contributed by atoms with Crippen LogP contribution in [0.3, 0.4) is 0 Å². The van der Waals surface area contributed by atoms with E-state index in [0.717, 1.165) is 5.56 Å². The lowest BCUT2D eigenvalue weighted by molar-refractivity contribution is -0.303. The molecule has 4 rings (SSSR count). The molecule has 0 aromatic heterocycles. The lowest BCUT2D eigenvalue weighted by atomic mass is 9.84. The first kappa shape index (κ1) is 31.6. The van der Waals surface area contributed by atoms with Crippen LogP contribution in [-0.2, 0) is 30.3 Å². The van der Waals surface area contributed by atoms with Crippen LogP contribution < -0.4 is 27.8 Å². The van der Waals surface area contributed by atoms with Crippen molar-refractivity contribution >= 4 is 6.09 Å². The highest BCUT2D eigenvalue weighted by molar-refractivity contribution is 5.67. The number of likely N-dealkylation sites (N-methyl/N-ethyl adjacent to an activating group) is 1. The Morgan fingerprint density at radius 1 is 1.05 bits per heavy atom. The summed E-state index contributed by atoms with van der Waals surface area (Å²) in [6.45, 7) is 1.61. The molecule has 2 heterocycles. The van der Waals surface area contributed by atoms with Gasteiger partial charge in [-0.1, -0.05) is 30.3 Å². The number of ether oxygens (including phenoxy) is 5. The summed E-state index contributed by atoms with van der Waals surface area (Å²) < 4.78 is 28.7. The van der Waals surface area contributed by atoms with Crippen LogP contribution in [0.2, 0.25) is 0 Å². The number of rotatable bonds is 9. The van der Waals surface area contributed by atoms with E-state index in [0.29, 0.717) is 12.2 Å². The predicted octanol–water partition coefficient (Wildman–Crippen LogP) is -1.88. The van der Waals surface area contributed by atoms with Gasteiger partial charge < -0.3 is 66.8 Å². The van der Waals surface area contributed by atoms with Crippen LogP contribution in [0.5, 0.6) is 0 Å². The zero-order valence-electron chi connectivity index (χ0n) is 23.3. The molecule has 0 spiro atoms. The molecule has 0 radical (unpaired) electrons. The second kappa shape index (κ2) is 13.7. The van der Waals surface area contributed by atoms with E-state index in [1.54, 1.807) is 13.1 Å². The number of hydrogen-bond donors (Lipinski definition) is 8. The Balaban J connectivity index is 1.32. The molecular formula is C27H43N5O9. The van der Waals surface area contributed by atoms with Gasteiger partial charge in [-0.25, -0.2) is 4.79 Å². The van der Waals surface area contributed by atoms with Crippen molar-refractivity contribution in [1.29, 1.82) is 0 Å². The molecule has 230 valence electrons. The summed E-state index contributed by atoms with van der Waals surface area (Å²) in [5.74, 6) is 0.417. The number of alkyl carbamates (subject to hydrolysis) is 1. The quantitative estimate of drug-likeness (QED) is 0.160. The van der Waals surface area contributed by atoms with Crippen molar-refractivity contribution in [3.05, 3.63) is 47.7 Å². The molecule has 2 fully saturated rings. The summed E-state index contributed by atoms with van der Waals surface area (Å²) in [6, 6.07) is 6.63. The van der Waals surface area contributed by atoms with Gasteiger partial charge in [-0.05, 0) is 38.5 Å². The molecule has 14 nitrogen and oxygen atoms in total. The van der Waals surface area contributed by atoms with Crippen molar-refractivity contribution in [2.24, 2.45) is 17.2 Å². The SMILES string of the molecule is CN[C@@H]1[C@@H](O)[C@@H](O[C@@H]2[C@@H](O)[C@H](O[C@H]3OC(CNC(=O)OCc4ccccc4)=CC[C@H]3N)[C@@H](N)C[C@H]2N)OC[C@]1(C)O. The maximum absolute atomic E-state index is 12.1. The maximum atomic E-state index is 12.1. The number of hydrogen-bond acceptors (Lipinski definition) is 13. The number of nitrogens with one attached hydrogen (secondary N) is 2. The molecule has 1 amide bonds. The van der Waals surface area contributed by atoms with Crippen molar-refractivity contribution in [1.82, 2.24) is 10.6 Å². The molecule has 14 heteroatoms. The van der Waals surface area contributed by atoms with Gasteiger partial charge in [-0.15, -0.1) is 0 Å². The topological polar surface area (TPSA) is 226 Å². The number of benzene rings is 1. The third-order valence-electron chi connectivity index (χ3n) is 7.64. The van der Waals surface area contributed by atoms with Crippen LogP contribution in [0.25, 0.3) is 0 Å². The number of amides is 1. The van der Waals surface area contributed by atoms with E-state index in [1.807, 2.05) is 30.3 Å². The fraction of sp³-hybridized carbons (Fsp3) is 0.667. The molecule has 11 atom stereocenters. The molecule has 2 aliphatic heterocycles. The first-order valence-corrected chi connectivity index (χ1v) is 13.8. The van der Waals surface area contributed by atoms with Crippen LogP contribution in [-0.4, -0.2) is 108 Å². The summed E-state index contributed by atoms with van der Waals surface area (Å²) in [5.41, 5.74) is 18.3. The van der Waals surface area contributed by atoms with Gasteiger partial charge in [0.05, 0.1) is 25.2 Å². The maximum Gasteiger partial charge on any atom is 0.407 e. The molecular weight excluding hydrogens is 538 g/mol. The first-order chi connectivity index (χ1) is 19.5. The number of aliphatic hydroxyl groups is 3. The minimum absolute atomic E-state index is 0.0450. The highest BCUT2D eigenvalue weighted by Gasteiger charge is 2.50. The van der Waals surface area contributed by atoms with Crippen molar-refractivity contribution in [2.75, 3.05) is 20.2 Å². The highest BCUT2D eigenvalue weighted by Crippen LogP contribution is 2.31. The number of nitrogens with two attached hydrogens (primary N) is 3. The molecule has 3 aliphatic rings. The lowest BCUT2D eigenvalue weighted by Crippen LogP contribution is -2.68. The Morgan fingerprint density at radius 3 is 2.37 bits per heavy atom. The number of aliphatic hydroxyl groups excluding tert-OH is 2. The van der Waals surface area contributed by atoms with Crippen LogP contribution >= 0.6 is 0 Å². The van der Waals surface area contributed by atoms with Crippen molar-refractivity contribution < 1.29 is 43.8 Å². The Kier molecular flexibility index (Phi) is 10.6. The van der Waals surface area contributed by atoms with Crippen molar-refractivity contribution in [3.8, 4) is 0 Å². The van der Waals surface area contributed by atoms with E-state index in [9.17, 15) is 20.1 Å². The molecule has 11 N–H and O–H groups in total. The lowest BCUT2D eigenvalue weighted by Gasteiger charge is -2.48. The smallest absolute Gasteiger partial charge is 0.407 e. The molecule has 1 aromatic carbocycles. The summed E-state index contributed by atoms with van der Waals surface area (Å²) in [7, 11) is 1.61. The van der Waals surface area contributed by atoms with Crippen molar-refractivity contribution in [2.45, 2.75) is 93.1 Å². The molecule has 0 unspecified atom stereocenters. The van der Waals surface area contributed by atoms with Crippen LogP contribution in [0.15, 0.2) is 42.2 Å². The second-order valence-corrected chi connectivity index (χ2v) is 11.0. The average molecular weight is 582 g/mol. The van der Waals surface area contributed by atoms with Gasteiger partial charge in [0, 0.05) is 12.1 Å². The third-order valence-corrected chi connectivity index (χ3v) is 7.64. The van der Waals surface area contributed by atoms with Crippen molar-refractivity contribution in [3.63, 3.8) is 0 Å². The molecule has 1 aromatic rings. The Bertz CT molecular complexity index is 1030. The fourth-order valence-electron chi connectivity index (χ4n) is 5.35. The summed E-state index contributed by atoms with van der Waals surface area (Å²) in [5, 5.41) is 38.0. The number of carbonyl (C=O) groups is 1. The molecule has 1 aliphatic carbocycles. The van der Waals surface area contributed by atoms with E-state index in [2.05, 4.69) is 10.6 Å². The van der Waals surface area contributed by atoms with Gasteiger partial charge in [0.1, 0.15) is 42.4 Å². The van der Waals surface area contributed by atoms with Gasteiger partial charge in [-0.3, -0.25) is 0 Å². The van der Waals surface area contributed by atoms with E-state index >= 15 is 0 Å². The zero-order chi connectivity index (χ0) is 29.7. The summed E-state index contributed by atoms with van der Waals surface area (Å²) in [4.78, 5) is 12.1. The van der Waals surface area contributed by atoms with Gasteiger partial charge >= 0.3 is 6.09 Å². The molecule has 1 saturated carbocycles. The first-order valence-electron chi connectivity index (χ1n) is 13.8. The minimum Gasteiger partial charge on any atom is -0.466 e. The molecule has 1 saturated heterocycles. The molecule has 0 bridgehead atoms. The predicted molar refractivity (Wildman–Crippen MR) is 146 cm³/mol. The van der Waals surface area contributed by atoms with E-state index in [-0.39, 0.29) is 26.2 Å². The Morgan fingerprint density at radius 2 is 1.71 bits per heavy atom.